The van der Waals surface area contributed by atoms with Gasteiger partial charge in [0.25, 0.3) is 5.91 Å². The second-order valence-electron chi connectivity index (χ2n) is 8.11. The molecule has 36 heavy (non-hydrogen) atoms. The van der Waals surface area contributed by atoms with Crippen LogP contribution < -0.4 is 26.8 Å². The highest BCUT2D eigenvalue weighted by atomic mass is 19.1. The van der Waals surface area contributed by atoms with Gasteiger partial charge in [0.2, 0.25) is 0 Å². The van der Waals surface area contributed by atoms with E-state index in [2.05, 4.69) is 30.8 Å². The van der Waals surface area contributed by atoms with Crippen LogP contribution in [0.25, 0.3) is 5.69 Å². The second kappa shape index (κ2) is 10.4. The van der Waals surface area contributed by atoms with Crippen molar-refractivity contribution in [1.82, 2.24) is 25.0 Å². The fourth-order valence-electron chi connectivity index (χ4n) is 3.62. The lowest BCUT2D eigenvalue weighted by molar-refractivity contribution is 0.100. The number of carbonyl (C=O) groups excluding carboxylic acids is 1. The van der Waals surface area contributed by atoms with Crippen molar-refractivity contribution in [2.75, 3.05) is 17.7 Å². The summed E-state index contributed by atoms with van der Waals surface area (Å²) in [4.78, 5) is 22.2. The molecule has 2 atom stereocenters. The number of aromatic nitrogens is 5. The lowest BCUT2D eigenvalue weighted by atomic mass is 10.0. The maximum Gasteiger partial charge on any atom is 0.252 e. The molecule has 0 saturated heterocycles. The van der Waals surface area contributed by atoms with E-state index >= 15 is 4.39 Å². The molecule has 0 spiro atoms. The fourth-order valence-corrected chi connectivity index (χ4v) is 3.62. The molecule has 1 amide bonds. The molecule has 1 aromatic carbocycles. The van der Waals surface area contributed by atoms with Gasteiger partial charge in [0.15, 0.2) is 11.6 Å². The van der Waals surface area contributed by atoms with Gasteiger partial charge in [-0.25, -0.2) is 9.37 Å². The summed E-state index contributed by atoms with van der Waals surface area (Å²) in [6.45, 7) is 3.60. The van der Waals surface area contributed by atoms with E-state index in [0.29, 0.717) is 22.8 Å². The molecule has 3 heterocycles. The molecule has 0 fully saturated rings. The van der Waals surface area contributed by atoms with Crippen LogP contribution in [-0.2, 0) is 0 Å². The minimum absolute atomic E-state index is 0.0505. The van der Waals surface area contributed by atoms with Crippen molar-refractivity contribution in [3.8, 4) is 11.4 Å². The number of aryl methyl sites for hydroxylation is 1. The number of primary amides is 1. The number of methoxy groups -OCH3 is 1. The van der Waals surface area contributed by atoms with Gasteiger partial charge in [-0.3, -0.25) is 9.78 Å². The number of halogens is 1. The minimum atomic E-state index is -0.844. The third-order valence-corrected chi connectivity index (χ3v) is 5.49. The normalized spacial score (nSPS) is 12.6. The van der Waals surface area contributed by atoms with Gasteiger partial charge < -0.3 is 26.8 Å². The lowest BCUT2D eigenvalue weighted by Gasteiger charge is -2.24. The number of nitrogens with one attached hydrogen (secondary N) is 2. The van der Waals surface area contributed by atoms with Crippen LogP contribution in [0.15, 0.2) is 55.0 Å². The van der Waals surface area contributed by atoms with E-state index in [1.54, 1.807) is 50.8 Å². The van der Waals surface area contributed by atoms with E-state index in [9.17, 15) is 4.79 Å². The lowest BCUT2D eigenvalue weighted by Crippen LogP contribution is -2.31. The Morgan fingerprint density at radius 1 is 1.14 bits per heavy atom. The molecular formula is C24H26FN9O2. The molecule has 0 bridgehead atoms. The molecule has 0 unspecified atom stereocenters. The Hall–Kier alpha value is -4.58. The zero-order valence-corrected chi connectivity index (χ0v) is 19.9. The Labute approximate surface area is 206 Å². The van der Waals surface area contributed by atoms with Crippen molar-refractivity contribution in [3.05, 3.63) is 77.6 Å². The number of rotatable bonds is 9. The zero-order valence-electron chi connectivity index (χ0n) is 19.9. The summed E-state index contributed by atoms with van der Waals surface area (Å²) in [5, 5.41) is 14.3. The summed E-state index contributed by atoms with van der Waals surface area (Å²) in [5.41, 5.74) is 14.2. The number of nitrogens with two attached hydrogens (primary N) is 2. The Morgan fingerprint density at radius 2 is 1.83 bits per heavy atom. The largest absolute Gasteiger partial charge is 0.497 e. The van der Waals surface area contributed by atoms with Gasteiger partial charge in [0, 0.05) is 6.04 Å². The van der Waals surface area contributed by atoms with Gasteiger partial charge in [-0.2, -0.15) is 10.2 Å². The number of amides is 1. The Morgan fingerprint density at radius 3 is 2.44 bits per heavy atom. The van der Waals surface area contributed by atoms with Crippen LogP contribution in [0.2, 0.25) is 0 Å². The van der Waals surface area contributed by atoms with E-state index in [1.165, 1.54) is 4.80 Å². The molecule has 0 aliphatic carbocycles. The number of hydrogen-bond donors (Lipinski definition) is 4. The smallest absolute Gasteiger partial charge is 0.252 e. The molecule has 6 N–H and O–H groups in total. The third-order valence-electron chi connectivity index (χ3n) is 5.49. The topological polar surface area (TPSA) is 159 Å². The van der Waals surface area contributed by atoms with E-state index in [4.69, 9.17) is 16.2 Å². The van der Waals surface area contributed by atoms with Crippen LogP contribution in [-0.4, -0.2) is 44.0 Å². The van der Waals surface area contributed by atoms with E-state index in [0.717, 1.165) is 11.6 Å². The number of ether oxygens (including phenoxy) is 1. The molecule has 186 valence electrons. The molecule has 4 rings (SSSR count). The van der Waals surface area contributed by atoms with Crippen molar-refractivity contribution in [2.24, 2.45) is 11.5 Å². The Kier molecular flexibility index (Phi) is 7.06. The quantitative estimate of drug-likeness (QED) is 0.276. The summed E-state index contributed by atoms with van der Waals surface area (Å²) in [7, 11) is 1.57. The molecule has 12 heteroatoms. The molecule has 3 aromatic heterocycles. The first kappa shape index (κ1) is 24.5. The molecule has 11 nitrogen and oxygen atoms in total. The highest BCUT2D eigenvalue weighted by Gasteiger charge is 2.22. The first-order valence-corrected chi connectivity index (χ1v) is 11.0. The summed E-state index contributed by atoms with van der Waals surface area (Å²) in [6.07, 6.45) is 4.64. The number of benzene rings is 1. The number of nitrogens with zero attached hydrogens (tertiary/aromatic N) is 5. The minimum Gasteiger partial charge on any atom is -0.497 e. The Bertz CT molecular complexity index is 1360. The zero-order chi connectivity index (χ0) is 25.8. The van der Waals surface area contributed by atoms with Gasteiger partial charge in [-0.05, 0) is 43.7 Å². The summed E-state index contributed by atoms with van der Waals surface area (Å²) < 4.78 is 20.2. The maximum absolute atomic E-state index is 15.0. The second-order valence-corrected chi connectivity index (χ2v) is 8.11. The first-order valence-electron chi connectivity index (χ1n) is 11.0. The van der Waals surface area contributed by atoms with Crippen molar-refractivity contribution in [1.29, 1.82) is 0 Å². The number of pyridine rings is 2. The van der Waals surface area contributed by atoms with Crippen molar-refractivity contribution >= 4 is 23.2 Å². The number of carbonyl (C=O) groups is 1. The average molecular weight is 492 g/mol. The molecule has 0 saturated carbocycles. The standard InChI is InChI=1S/C24H26FN9O2/c1-13(26)21(15-4-6-17(36-3)7-5-15)32-24-19(25)11-18(22(27)35)23(33-24)31-16-10-20(14(2)28-12-16)34-29-8-9-30-34/h4-13,21H,26H2,1-3H3,(H2,27,35)(H2,31,32,33)/t13-,21-/m0/s1. The fraction of sp³-hybridized carbons (Fsp3) is 0.208. The summed E-state index contributed by atoms with van der Waals surface area (Å²) >= 11 is 0. The van der Waals surface area contributed by atoms with Gasteiger partial charge in [0.1, 0.15) is 17.3 Å². The van der Waals surface area contributed by atoms with Crippen molar-refractivity contribution in [2.45, 2.75) is 25.9 Å². The van der Waals surface area contributed by atoms with Crippen LogP contribution in [0, 0.1) is 12.7 Å². The molecule has 0 aliphatic rings. The number of hydrogen-bond acceptors (Lipinski definition) is 9. The highest BCUT2D eigenvalue weighted by Crippen LogP contribution is 2.29. The van der Waals surface area contributed by atoms with Crippen LogP contribution in [0.5, 0.6) is 5.75 Å². The van der Waals surface area contributed by atoms with E-state index in [-0.39, 0.29) is 17.2 Å². The highest BCUT2D eigenvalue weighted by molar-refractivity contribution is 5.98. The van der Waals surface area contributed by atoms with Crippen LogP contribution in [0.3, 0.4) is 0 Å². The molecule has 0 radical (unpaired) electrons. The summed E-state index contributed by atoms with van der Waals surface area (Å²) in [6, 6.07) is 9.11. The predicted octanol–water partition coefficient (Wildman–Crippen LogP) is 2.86. The van der Waals surface area contributed by atoms with Crippen LogP contribution in [0.1, 0.15) is 34.6 Å². The first-order chi connectivity index (χ1) is 17.3. The van der Waals surface area contributed by atoms with Gasteiger partial charge in [-0.15, -0.1) is 4.80 Å². The average Bonchev–Trinajstić information content (AvgIpc) is 3.39. The Balaban J connectivity index is 1.69. The van der Waals surface area contributed by atoms with Crippen molar-refractivity contribution < 1.29 is 13.9 Å². The third kappa shape index (κ3) is 5.23. The molecular weight excluding hydrogens is 465 g/mol. The van der Waals surface area contributed by atoms with Gasteiger partial charge >= 0.3 is 0 Å². The predicted molar refractivity (Wildman–Crippen MR) is 133 cm³/mol. The van der Waals surface area contributed by atoms with E-state index < -0.39 is 23.8 Å². The van der Waals surface area contributed by atoms with Gasteiger partial charge in [0.05, 0.1) is 48.7 Å². The SMILES string of the molecule is COc1ccc([C@@H](Nc2nc(Nc3cnc(C)c(-n4nccn4)c3)c(C(N)=O)cc2F)[C@H](C)N)cc1. The molecule has 0 aliphatic heterocycles. The van der Waals surface area contributed by atoms with Gasteiger partial charge in [-0.1, -0.05) is 12.1 Å². The monoisotopic (exact) mass is 491 g/mol. The van der Waals surface area contributed by atoms with Crippen LogP contribution >= 0.6 is 0 Å². The van der Waals surface area contributed by atoms with E-state index in [1.807, 2.05) is 19.1 Å². The summed E-state index contributed by atoms with van der Waals surface area (Å²) in [5.74, 6) is -0.968. The molecule has 4 aromatic rings. The number of anilines is 3. The maximum atomic E-state index is 15.0. The van der Waals surface area contributed by atoms with Crippen molar-refractivity contribution in [3.63, 3.8) is 0 Å². The van der Waals surface area contributed by atoms with Crippen LogP contribution in [0.4, 0.5) is 21.7 Å².